The molecule has 0 saturated carbocycles. The van der Waals surface area contributed by atoms with Crippen LogP contribution < -0.4 is 0 Å². The summed E-state index contributed by atoms with van der Waals surface area (Å²) in [6, 6.07) is 0. The standard InChI is InChI=1S/C10H16N4OS/c1-8-11-10(13-12-8)16-7-9(15)14-5-3-2-4-6-14/h2-7H2,1H3,(H,11,12,13). The Bertz CT molecular complexity index is 359. The summed E-state index contributed by atoms with van der Waals surface area (Å²) in [6.45, 7) is 3.67. The molecule has 16 heavy (non-hydrogen) atoms. The second-order valence-corrected chi connectivity index (χ2v) is 4.88. The molecular formula is C10H16N4OS. The van der Waals surface area contributed by atoms with Crippen LogP contribution in [0.3, 0.4) is 0 Å². The van der Waals surface area contributed by atoms with Gasteiger partial charge in [-0.1, -0.05) is 11.8 Å². The Morgan fingerprint density at radius 1 is 1.44 bits per heavy atom. The highest BCUT2D eigenvalue weighted by molar-refractivity contribution is 7.99. The predicted molar refractivity (Wildman–Crippen MR) is 62.3 cm³/mol. The van der Waals surface area contributed by atoms with Crippen molar-refractivity contribution >= 4 is 17.7 Å². The first-order valence-corrected chi connectivity index (χ1v) is 6.54. The number of piperidine rings is 1. The van der Waals surface area contributed by atoms with Gasteiger partial charge < -0.3 is 4.90 Å². The minimum Gasteiger partial charge on any atom is -0.342 e. The van der Waals surface area contributed by atoms with Gasteiger partial charge in [0.2, 0.25) is 11.1 Å². The molecule has 88 valence electrons. The molecule has 2 rings (SSSR count). The van der Waals surface area contributed by atoms with E-state index in [0.717, 1.165) is 31.8 Å². The number of aryl methyl sites for hydroxylation is 1. The highest BCUT2D eigenvalue weighted by Crippen LogP contribution is 2.15. The zero-order valence-corrected chi connectivity index (χ0v) is 10.2. The molecule has 1 aliphatic rings. The van der Waals surface area contributed by atoms with Crippen molar-refractivity contribution in [2.24, 2.45) is 0 Å². The molecule has 1 N–H and O–H groups in total. The van der Waals surface area contributed by atoms with Gasteiger partial charge in [-0.25, -0.2) is 4.98 Å². The quantitative estimate of drug-likeness (QED) is 0.807. The Hall–Kier alpha value is -1.04. The van der Waals surface area contributed by atoms with Gasteiger partial charge in [0, 0.05) is 13.1 Å². The van der Waals surface area contributed by atoms with E-state index in [1.807, 2.05) is 11.8 Å². The first-order chi connectivity index (χ1) is 7.75. The maximum absolute atomic E-state index is 11.8. The van der Waals surface area contributed by atoms with Crippen molar-refractivity contribution in [3.63, 3.8) is 0 Å². The highest BCUT2D eigenvalue weighted by atomic mass is 32.2. The molecule has 0 radical (unpaired) electrons. The summed E-state index contributed by atoms with van der Waals surface area (Å²) in [4.78, 5) is 17.9. The van der Waals surface area contributed by atoms with Crippen molar-refractivity contribution in [1.82, 2.24) is 20.1 Å². The molecule has 2 heterocycles. The van der Waals surface area contributed by atoms with Gasteiger partial charge in [-0.2, -0.15) is 0 Å². The summed E-state index contributed by atoms with van der Waals surface area (Å²) in [5, 5.41) is 7.41. The van der Waals surface area contributed by atoms with Gasteiger partial charge >= 0.3 is 0 Å². The van der Waals surface area contributed by atoms with Crippen LogP contribution in [-0.2, 0) is 4.79 Å². The predicted octanol–water partition coefficient (Wildman–Crippen LogP) is 1.22. The van der Waals surface area contributed by atoms with Crippen molar-refractivity contribution < 1.29 is 4.79 Å². The number of nitrogens with zero attached hydrogens (tertiary/aromatic N) is 3. The Morgan fingerprint density at radius 2 is 2.19 bits per heavy atom. The number of hydrogen-bond donors (Lipinski definition) is 1. The molecule has 1 fully saturated rings. The van der Waals surface area contributed by atoms with Crippen LogP contribution in [0.2, 0.25) is 0 Å². The minimum absolute atomic E-state index is 0.201. The summed E-state index contributed by atoms with van der Waals surface area (Å²) < 4.78 is 0. The number of amides is 1. The first-order valence-electron chi connectivity index (χ1n) is 5.55. The van der Waals surface area contributed by atoms with Gasteiger partial charge in [0.1, 0.15) is 5.82 Å². The fourth-order valence-corrected chi connectivity index (χ4v) is 2.49. The van der Waals surface area contributed by atoms with E-state index in [-0.39, 0.29) is 5.91 Å². The number of carbonyl (C=O) groups excluding carboxylic acids is 1. The van der Waals surface area contributed by atoms with Crippen molar-refractivity contribution in [3.8, 4) is 0 Å². The summed E-state index contributed by atoms with van der Waals surface area (Å²) >= 11 is 1.40. The lowest BCUT2D eigenvalue weighted by atomic mass is 10.1. The van der Waals surface area contributed by atoms with Gasteiger partial charge in [0.25, 0.3) is 0 Å². The number of thioether (sulfide) groups is 1. The molecule has 1 saturated heterocycles. The number of aromatic nitrogens is 3. The summed E-state index contributed by atoms with van der Waals surface area (Å²) in [6.07, 6.45) is 3.52. The lowest BCUT2D eigenvalue weighted by Gasteiger charge is -2.26. The van der Waals surface area contributed by atoms with Crippen LogP contribution in [0.4, 0.5) is 0 Å². The number of aromatic amines is 1. The molecule has 0 aromatic carbocycles. The van der Waals surface area contributed by atoms with E-state index in [9.17, 15) is 4.79 Å². The van der Waals surface area contributed by atoms with E-state index < -0.39 is 0 Å². The molecule has 0 atom stereocenters. The van der Waals surface area contributed by atoms with E-state index in [1.54, 1.807) is 0 Å². The largest absolute Gasteiger partial charge is 0.342 e. The molecule has 0 unspecified atom stereocenters. The van der Waals surface area contributed by atoms with Crippen LogP contribution in [0.25, 0.3) is 0 Å². The lowest BCUT2D eigenvalue weighted by Crippen LogP contribution is -2.36. The monoisotopic (exact) mass is 240 g/mol. The van der Waals surface area contributed by atoms with E-state index in [4.69, 9.17) is 0 Å². The third kappa shape index (κ3) is 2.98. The Morgan fingerprint density at radius 3 is 2.81 bits per heavy atom. The number of hydrogen-bond acceptors (Lipinski definition) is 4. The average molecular weight is 240 g/mol. The number of likely N-dealkylation sites (tertiary alicyclic amines) is 1. The zero-order chi connectivity index (χ0) is 11.4. The molecule has 6 heteroatoms. The minimum atomic E-state index is 0.201. The molecular weight excluding hydrogens is 224 g/mol. The Balaban J connectivity index is 1.78. The molecule has 0 bridgehead atoms. The lowest BCUT2D eigenvalue weighted by molar-refractivity contribution is -0.129. The molecule has 1 aliphatic heterocycles. The van der Waals surface area contributed by atoms with Crippen LogP contribution in [-0.4, -0.2) is 44.8 Å². The van der Waals surface area contributed by atoms with Gasteiger partial charge in [-0.05, 0) is 26.2 Å². The molecule has 1 aromatic rings. The highest BCUT2D eigenvalue weighted by Gasteiger charge is 2.16. The molecule has 5 nitrogen and oxygen atoms in total. The summed E-state index contributed by atoms with van der Waals surface area (Å²) in [5.74, 6) is 1.43. The van der Waals surface area contributed by atoms with Gasteiger partial charge in [0.15, 0.2) is 0 Å². The number of carbonyl (C=O) groups is 1. The molecule has 1 aromatic heterocycles. The van der Waals surface area contributed by atoms with E-state index in [1.165, 1.54) is 18.2 Å². The molecule has 1 amide bonds. The molecule has 0 spiro atoms. The maximum atomic E-state index is 11.8. The van der Waals surface area contributed by atoms with Gasteiger partial charge in [-0.15, -0.1) is 5.10 Å². The Labute approximate surface area is 99.0 Å². The fourth-order valence-electron chi connectivity index (χ4n) is 1.75. The number of H-pyrrole nitrogens is 1. The van der Waals surface area contributed by atoms with Gasteiger partial charge in [0.05, 0.1) is 5.75 Å². The normalized spacial score (nSPS) is 16.4. The van der Waals surface area contributed by atoms with Crippen LogP contribution in [0.1, 0.15) is 25.1 Å². The first kappa shape index (κ1) is 11.4. The van der Waals surface area contributed by atoms with Crippen molar-refractivity contribution in [2.75, 3.05) is 18.8 Å². The smallest absolute Gasteiger partial charge is 0.233 e. The van der Waals surface area contributed by atoms with Crippen LogP contribution >= 0.6 is 11.8 Å². The zero-order valence-electron chi connectivity index (χ0n) is 9.40. The third-order valence-corrected chi connectivity index (χ3v) is 3.44. The average Bonchev–Trinajstić information content (AvgIpc) is 2.73. The topological polar surface area (TPSA) is 61.9 Å². The van der Waals surface area contributed by atoms with Crippen molar-refractivity contribution in [3.05, 3.63) is 5.82 Å². The van der Waals surface area contributed by atoms with E-state index >= 15 is 0 Å². The van der Waals surface area contributed by atoms with Crippen LogP contribution in [0, 0.1) is 6.92 Å². The Kier molecular flexibility index (Phi) is 3.82. The van der Waals surface area contributed by atoms with Crippen LogP contribution in [0.15, 0.2) is 5.16 Å². The summed E-state index contributed by atoms with van der Waals surface area (Å²) in [7, 11) is 0. The SMILES string of the molecule is Cc1nc(SCC(=O)N2CCCCC2)n[nH]1. The van der Waals surface area contributed by atoms with Crippen molar-refractivity contribution in [1.29, 1.82) is 0 Å². The van der Waals surface area contributed by atoms with Crippen LogP contribution in [0.5, 0.6) is 0 Å². The maximum Gasteiger partial charge on any atom is 0.233 e. The van der Waals surface area contributed by atoms with E-state index in [0.29, 0.717) is 10.9 Å². The molecule has 0 aliphatic carbocycles. The number of rotatable bonds is 3. The number of nitrogens with one attached hydrogen (secondary N) is 1. The second kappa shape index (κ2) is 5.34. The third-order valence-electron chi connectivity index (χ3n) is 2.61. The van der Waals surface area contributed by atoms with Gasteiger partial charge in [-0.3, -0.25) is 9.89 Å². The summed E-state index contributed by atoms with van der Waals surface area (Å²) in [5.41, 5.74) is 0. The second-order valence-electron chi connectivity index (χ2n) is 3.93. The van der Waals surface area contributed by atoms with E-state index in [2.05, 4.69) is 15.2 Å². The fraction of sp³-hybridized carbons (Fsp3) is 0.700. The van der Waals surface area contributed by atoms with Crippen molar-refractivity contribution in [2.45, 2.75) is 31.3 Å².